The summed E-state index contributed by atoms with van der Waals surface area (Å²) in [7, 11) is 1.56. The van der Waals surface area contributed by atoms with Crippen LogP contribution in [0.25, 0.3) is 0 Å². The molecule has 2 atom stereocenters. The van der Waals surface area contributed by atoms with Crippen LogP contribution in [0.3, 0.4) is 0 Å². The predicted octanol–water partition coefficient (Wildman–Crippen LogP) is 0.183. The predicted molar refractivity (Wildman–Crippen MR) is 73.1 cm³/mol. The van der Waals surface area contributed by atoms with E-state index >= 15 is 0 Å². The van der Waals surface area contributed by atoms with Crippen molar-refractivity contribution in [2.24, 2.45) is 5.92 Å². The molecule has 0 aromatic carbocycles. The average Bonchev–Trinajstić information content (AvgIpc) is 2.45. The van der Waals surface area contributed by atoms with Crippen LogP contribution in [0.5, 0.6) is 0 Å². The molecule has 0 aliphatic carbocycles. The molecule has 0 spiro atoms. The maximum absolute atomic E-state index is 12.0. The summed E-state index contributed by atoms with van der Waals surface area (Å²) in [5.41, 5.74) is 0. The van der Waals surface area contributed by atoms with Gasteiger partial charge in [-0.15, -0.1) is 6.58 Å². The molecule has 0 radical (unpaired) electrons. The Hall–Kier alpha value is -2.05. The molecular formula is C13H21N3O4. The minimum atomic E-state index is -1.10. The van der Waals surface area contributed by atoms with Crippen LogP contribution in [-0.4, -0.2) is 54.1 Å². The summed E-state index contributed by atoms with van der Waals surface area (Å²) >= 11 is 0. The van der Waals surface area contributed by atoms with E-state index in [2.05, 4.69) is 17.2 Å². The highest BCUT2D eigenvalue weighted by Gasteiger charge is 2.29. The molecule has 1 saturated heterocycles. The quantitative estimate of drug-likeness (QED) is 0.627. The topological polar surface area (TPSA) is 98.7 Å². The van der Waals surface area contributed by atoms with Crippen molar-refractivity contribution in [1.82, 2.24) is 15.5 Å². The third-order valence-corrected chi connectivity index (χ3v) is 3.32. The van der Waals surface area contributed by atoms with E-state index in [9.17, 15) is 14.4 Å². The Balaban J connectivity index is 2.59. The summed E-state index contributed by atoms with van der Waals surface area (Å²) in [5, 5.41) is 14.0. The molecule has 1 rings (SSSR count). The molecule has 7 heteroatoms. The van der Waals surface area contributed by atoms with Gasteiger partial charge >= 0.3 is 12.0 Å². The minimum absolute atomic E-state index is 0.0941. The number of carbonyl (C=O) groups excluding carboxylic acids is 2. The van der Waals surface area contributed by atoms with Crippen LogP contribution >= 0.6 is 0 Å². The van der Waals surface area contributed by atoms with Crippen LogP contribution in [-0.2, 0) is 9.59 Å². The zero-order chi connectivity index (χ0) is 15.1. The third-order valence-electron chi connectivity index (χ3n) is 3.32. The Morgan fingerprint density at radius 1 is 1.50 bits per heavy atom. The number of hydrogen-bond donors (Lipinski definition) is 3. The van der Waals surface area contributed by atoms with Gasteiger partial charge in [0, 0.05) is 20.1 Å². The van der Waals surface area contributed by atoms with Crippen molar-refractivity contribution >= 4 is 17.9 Å². The molecule has 1 aliphatic heterocycles. The zero-order valence-electron chi connectivity index (χ0n) is 11.6. The number of amides is 3. The van der Waals surface area contributed by atoms with E-state index in [-0.39, 0.29) is 18.2 Å². The lowest BCUT2D eigenvalue weighted by Gasteiger charge is -2.32. The number of aliphatic carboxylic acids is 1. The smallest absolute Gasteiger partial charge is 0.326 e. The first kappa shape index (κ1) is 16.0. The van der Waals surface area contributed by atoms with Crippen molar-refractivity contribution in [2.45, 2.75) is 25.3 Å². The van der Waals surface area contributed by atoms with E-state index in [1.165, 1.54) is 11.0 Å². The zero-order valence-corrected chi connectivity index (χ0v) is 11.6. The molecule has 1 heterocycles. The van der Waals surface area contributed by atoms with E-state index < -0.39 is 18.0 Å². The van der Waals surface area contributed by atoms with Gasteiger partial charge in [0.25, 0.3) is 0 Å². The van der Waals surface area contributed by atoms with E-state index in [1.54, 1.807) is 7.05 Å². The SMILES string of the molecule is C=CCC(NC(=O)N1CCCC(C(=O)NC)C1)C(=O)O. The van der Waals surface area contributed by atoms with Gasteiger partial charge in [0.15, 0.2) is 0 Å². The van der Waals surface area contributed by atoms with Gasteiger partial charge in [0.2, 0.25) is 5.91 Å². The monoisotopic (exact) mass is 283 g/mol. The van der Waals surface area contributed by atoms with Crippen LogP contribution in [0.1, 0.15) is 19.3 Å². The molecule has 3 amide bonds. The number of piperidine rings is 1. The van der Waals surface area contributed by atoms with Gasteiger partial charge < -0.3 is 20.6 Å². The van der Waals surface area contributed by atoms with Crippen molar-refractivity contribution in [1.29, 1.82) is 0 Å². The molecule has 1 aliphatic rings. The maximum atomic E-state index is 12.0. The van der Waals surface area contributed by atoms with Gasteiger partial charge in [-0.1, -0.05) is 6.08 Å². The second kappa shape index (κ2) is 7.52. The molecule has 2 unspecified atom stereocenters. The van der Waals surface area contributed by atoms with Crippen LogP contribution in [0, 0.1) is 5.92 Å². The summed E-state index contributed by atoms with van der Waals surface area (Å²) < 4.78 is 0. The molecule has 112 valence electrons. The summed E-state index contributed by atoms with van der Waals surface area (Å²) in [6, 6.07) is -1.44. The Bertz CT molecular complexity index is 397. The van der Waals surface area contributed by atoms with Gasteiger partial charge in [-0.2, -0.15) is 0 Å². The number of likely N-dealkylation sites (tertiary alicyclic amines) is 1. The van der Waals surface area contributed by atoms with Gasteiger partial charge in [-0.05, 0) is 19.3 Å². The normalized spacial score (nSPS) is 19.9. The van der Waals surface area contributed by atoms with Crippen LogP contribution in [0.2, 0.25) is 0 Å². The molecule has 20 heavy (non-hydrogen) atoms. The molecule has 0 aromatic heterocycles. The minimum Gasteiger partial charge on any atom is -0.480 e. The molecule has 1 fully saturated rings. The molecule has 7 nitrogen and oxygen atoms in total. The number of urea groups is 1. The fraction of sp³-hybridized carbons (Fsp3) is 0.615. The summed E-state index contributed by atoms with van der Waals surface area (Å²) in [5.74, 6) is -1.43. The summed E-state index contributed by atoms with van der Waals surface area (Å²) in [6.07, 6.45) is 3.07. The van der Waals surface area contributed by atoms with Crippen molar-refractivity contribution in [3.63, 3.8) is 0 Å². The Morgan fingerprint density at radius 2 is 2.20 bits per heavy atom. The summed E-state index contributed by atoms with van der Waals surface area (Å²) in [4.78, 5) is 36.1. The number of carbonyl (C=O) groups is 3. The largest absolute Gasteiger partial charge is 0.480 e. The maximum Gasteiger partial charge on any atom is 0.326 e. The first-order valence-electron chi connectivity index (χ1n) is 6.60. The Kier molecular flexibility index (Phi) is 6.02. The highest BCUT2D eigenvalue weighted by atomic mass is 16.4. The molecule has 0 bridgehead atoms. The lowest BCUT2D eigenvalue weighted by molar-refractivity contribution is -0.139. The first-order chi connectivity index (χ1) is 9.49. The van der Waals surface area contributed by atoms with Gasteiger partial charge in [0.05, 0.1) is 5.92 Å². The van der Waals surface area contributed by atoms with Crippen molar-refractivity contribution in [2.75, 3.05) is 20.1 Å². The van der Waals surface area contributed by atoms with Gasteiger partial charge in [-0.3, -0.25) is 4.79 Å². The number of carboxylic acid groups (broad SMARTS) is 1. The molecular weight excluding hydrogens is 262 g/mol. The third kappa shape index (κ3) is 4.25. The fourth-order valence-corrected chi connectivity index (χ4v) is 2.21. The lowest BCUT2D eigenvalue weighted by Crippen LogP contribution is -2.52. The number of nitrogens with zero attached hydrogens (tertiary/aromatic N) is 1. The molecule has 3 N–H and O–H groups in total. The first-order valence-corrected chi connectivity index (χ1v) is 6.60. The van der Waals surface area contributed by atoms with Crippen molar-refractivity contribution in [3.8, 4) is 0 Å². The van der Waals surface area contributed by atoms with E-state index in [1.807, 2.05) is 0 Å². The number of carboxylic acids is 1. The Morgan fingerprint density at radius 3 is 2.75 bits per heavy atom. The van der Waals surface area contributed by atoms with Crippen LogP contribution in [0.15, 0.2) is 12.7 Å². The number of hydrogen-bond acceptors (Lipinski definition) is 3. The van der Waals surface area contributed by atoms with Crippen LogP contribution in [0.4, 0.5) is 4.79 Å². The average molecular weight is 283 g/mol. The summed E-state index contributed by atoms with van der Waals surface area (Å²) in [6.45, 7) is 4.31. The lowest BCUT2D eigenvalue weighted by atomic mass is 9.97. The van der Waals surface area contributed by atoms with E-state index in [0.29, 0.717) is 13.1 Å². The molecule has 0 aromatic rings. The van der Waals surface area contributed by atoms with Crippen molar-refractivity contribution in [3.05, 3.63) is 12.7 Å². The second-order valence-corrected chi connectivity index (χ2v) is 4.76. The van der Waals surface area contributed by atoms with Gasteiger partial charge in [-0.25, -0.2) is 9.59 Å². The fourth-order valence-electron chi connectivity index (χ4n) is 2.21. The number of rotatable bonds is 5. The van der Waals surface area contributed by atoms with E-state index in [0.717, 1.165) is 12.8 Å². The van der Waals surface area contributed by atoms with Crippen molar-refractivity contribution < 1.29 is 19.5 Å². The number of nitrogens with one attached hydrogen (secondary N) is 2. The second-order valence-electron chi connectivity index (χ2n) is 4.76. The Labute approximate surface area is 118 Å². The highest BCUT2D eigenvalue weighted by molar-refractivity contribution is 5.84. The highest BCUT2D eigenvalue weighted by Crippen LogP contribution is 2.16. The standard InChI is InChI=1S/C13H21N3O4/c1-3-5-10(12(18)19)15-13(20)16-7-4-6-9(8-16)11(17)14-2/h3,9-10H,1,4-8H2,2H3,(H,14,17)(H,15,20)(H,18,19). The molecule has 0 saturated carbocycles. The van der Waals surface area contributed by atoms with Gasteiger partial charge in [0.1, 0.15) is 6.04 Å². The van der Waals surface area contributed by atoms with Crippen LogP contribution < -0.4 is 10.6 Å². The van der Waals surface area contributed by atoms with E-state index in [4.69, 9.17) is 5.11 Å².